The van der Waals surface area contributed by atoms with Crippen molar-refractivity contribution in [3.05, 3.63) is 29.5 Å². The molecule has 0 spiro atoms. The number of aromatic amines is 1. The average molecular weight is 316 g/mol. The van der Waals surface area contributed by atoms with Crippen LogP contribution < -0.4 is 4.74 Å². The highest BCUT2D eigenvalue weighted by Crippen LogP contribution is 2.28. The topological polar surface area (TPSA) is 28.3 Å². The molecule has 3 heteroatoms. The number of H-pyrrole nitrogens is 1. The molecule has 0 atom stereocenters. The van der Waals surface area contributed by atoms with E-state index in [2.05, 4.69) is 55.9 Å². The van der Waals surface area contributed by atoms with Crippen molar-refractivity contribution in [1.29, 1.82) is 0 Å². The van der Waals surface area contributed by atoms with Gasteiger partial charge in [0.25, 0.3) is 0 Å². The van der Waals surface area contributed by atoms with Gasteiger partial charge in [0, 0.05) is 23.6 Å². The van der Waals surface area contributed by atoms with Gasteiger partial charge in [-0.15, -0.1) is 0 Å². The number of aromatic nitrogens is 1. The number of fused-ring (bicyclic) bond motifs is 1. The molecule has 1 aromatic carbocycles. The first-order valence-corrected chi connectivity index (χ1v) is 9.15. The van der Waals surface area contributed by atoms with Crippen LogP contribution in [0, 0.1) is 6.92 Å². The SMILES string of the molecule is CCCCOc1cc2c(CCN(CC)CCC)c[nH]c2cc1C. The number of ether oxygens (including phenoxy) is 1. The van der Waals surface area contributed by atoms with Gasteiger partial charge < -0.3 is 14.6 Å². The predicted octanol–water partition coefficient (Wildman–Crippen LogP) is 4.93. The molecule has 23 heavy (non-hydrogen) atoms. The third-order valence-corrected chi connectivity index (χ3v) is 4.50. The lowest BCUT2D eigenvalue weighted by Crippen LogP contribution is -2.26. The number of benzene rings is 1. The van der Waals surface area contributed by atoms with Crippen molar-refractivity contribution in [1.82, 2.24) is 9.88 Å². The predicted molar refractivity (Wildman–Crippen MR) is 99.5 cm³/mol. The monoisotopic (exact) mass is 316 g/mol. The summed E-state index contributed by atoms with van der Waals surface area (Å²) in [5.41, 5.74) is 3.83. The van der Waals surface area contributed by atoms with Crippen LogP contribution in [-0.2, 0) is 6.42 Å². The summed E-state index contributed by atoms with van der Waals surface area (Å²) in [6.45, 7) is 13.1. The molecule has 1 heterocycles. The maximum atomic E-state index is 5.97. The molecule has 2 aromatic rings. The molecule has 0 saturated carbocycles. The summed E-state index contributed by atoms with van der Waals surface area (Å²) in [4.78, 5) is 5.94. The zero-order valence-electron chi connectivity index (χ0n) is 15.2. The van der Waals surface area contributed by atoms with E-state index in [0.717, 1.165) is 38.3 Å². The summed E-state index contributed by atoms with van der Waals surface area (Å²) in [6, 6.07) is 4.44. The number of hydrogen-bond donors (Lipinski definition) is 1. The fourth-order valence-corrected chi connectivity index (χ4v) is 3.03. The Labute approximate surface area is 141 Å². The van der Waals surface area contributed by atoms with Crippen molar-refractivity contribution in [2.75, 3.05) is 26.2 Å². The molecule has 0 radical (unpaired) electrons. The zero-order chi connectivity index (χ0) is 16.7. The van der Waals surface area contributed by atoms with Gasteiger partial charge in [0.15, 0.2) is 0 Å². The Balaban J connectivity index is 2.12. The molecule has 1 aromatic heterocycles. The van der Waals surface area contributed by atoms with E-state index in [4.69, 9.17) is 4.74 Å². The van der Waals surface area contributed by atoms with Gasteiger partial charge in [-0.2, -0.15) is 0 Å². The number of hydrogen-bond acceptors (Lipinski definition) is 2. The van der Waals surface area contributed by atoms with Crippen molar-refractivity contribution < 1.29 is 4.74 Å². The lowest BCUT2D eigenvalue weighted by molar-refractivity contribution is 0.292. The molecule has 0 fully saturated rings. The highest BCUT2D eigenvalue weighted by atomic mass is 16.5. The summed E-state index contributed by atoms with van der Waals surface area (Å²) in [7, 11) is 0. The summed E-state index contributed by atoms with van der Waals surface area (Å²) < 4.78 is 5.97. The molecule has 0 unspecified atom stereocenters. The first kappa shape index (κ1) is 17.9. The van der Waals surface area contributed by atoms with Crippen LogP contribution in [0.3, 0.4) is 0 Å². The number of aryl methyl sites for hydroxylation is 1. The van der Waals surface area contributed by atoms with E-state index in [1.54, 1.807) is 0 Å². The van der Waals surface area contributed by atoms with Gasteiger partial charge in [-0.1, -0.05) is 27.2 Å². The van der Waals surface area contributed by atoms with E-state index < -0.39 is 0 Å². The van der Waals surface area contributed by atoms with E-state index in [-0.39, 0.29) is 0 Å². The maximum Gasteiger partial charge on any atom is 0.122 e. The Hall–Kier alpha value is -1.48. The van der Waals surface area contributed by atoms with Gasteiger partial charge in [0.2, 0.25) is 0 Å². The van der Waals surface area contributed by atoms with Gasteiger partial charge >= 0.3 is 0 Å². The summed E-state index contributed by atoms with van der Waals surface area (Å²) in [6.07, 6.45) is 6.75. The zero-order valence-corrected chi connectivity index (χ0v) is 15.2. The van der Waals surface area contributed by atoms with E-state index in [1.165, 1.54) is 41.4 Å². The Morgan fingerprint density at radius 1 is 1.09 bits per heavy atom. The van der Waals surface area contributed by atoms with Crippen molar-refractivity contribution >= 4 is 10.9 Å². The van der Waals surface area contributed by atoms with E-state index in [1.807, 2.05) is 0 Å². The van der Waals surface area contributed by atoms with Crippen molar-refractivity contribution in [3.63, 3.8) is 0 Å². The summed E-state index contributed by atoms with van der Waals surface area (Å²) >= 11 is 0. The Morgan fingerprint density at radius 3 is 2.61 bits per heavy atom. The Bertz CT molecular complexity index is 603. The van der Waals surface area contributed by atoms with Crippen LogP contribution in [0.4, 0.5) is 0 Å². The molecule has 3 nitrogen and oxygen atoms in total. The number of likely N-dealkylation sites (N-methyl/N-ethyl adjacent to an activating group) is 1. The molecule has 2 rings (SSSR count). The average Bonchev–Trinajstić information content (AvgIpc) is 2.93. The number of unbranched alkanes of at least 4 members (excludes halogenated alkanes) is 1. The third kappa shape index (κ3) is 4.74. The largest absolute Gasteiger partial charge is 0.493 e. The minimum absolute atomic E-state index is 0.808. The molecule has 0 aliphatic rings. The fourth-order valence-electron chi connectivity index (χ4n) is 3.03. The first-order chi connectivity index (χ1) is 11.2. The van der Waals surface area contributed by atoms with Crippen molar-refractivity contribution in [3.8, 4) is 5.75 Å². The fraction of sp³-hybridized carbons (Fsp3) is 0.600. The highest BCUT2D eigenvalue weighted by Gasteiger charge is 2.10. The minimum Gasteiger partial charge on any atom is -0.493 e. The quantitative estimate of drug-likeness (QED) is 0.630. The third-order valence-electron chi connectivity index (χ3n) is 4.50. The number of rotatable bonds is 10. The lowest BCUT2D eigenvalue weighted by atomic mass is 10.1. The molecule has 128 valence electrons. The van der Waals surface area contributed by atoms with Crippen LogP contribution in [0.5, 0.6) is 5.75 Å². The second-order valence-corrected chi connectivity index (χ2v) is 6.36. The molecule has 0 bridgehead atoms. The summed E-state index contributed by atoms with van der Waals surface area (Å²) in [5.74, 6) is 1.03. The molecule has 0 aliphatic heterocycles. The van der Waals surface area contributed by atoms with Crippen LogP contribution in [0.15, 0.2) is 18.3 Å². The van der Waals surface area contributed by atoms with Crippen molar-refractivity contribution in [2.45, 2.75) is 53.4 Å². The summed E-state index contributed by atoms with van der Waals surface area (Å²) in [5, 5.41) is 1.31. The number of nitrogens with one attached hydrogen (secondary N) is 1. The van der Waals surface area contributed by atoms with E-state index >= 15 is 0 Å². The van der Waals surface area contributed by atoms with Crippen LogP contribution in [0.25, 0.3) is 10.9 Å². The Kier molecular flexibility index (Phi) is 6.97. The van der Waals surface area contributed by atoms with Gasteiger partial charge in [-0.05, 0) is 62.5 Å². The first-order valence-electron chi connectivity index (χ1n) is 9.15. The molecule has 0 aliphatic carbocycles. The Morgan fingerprint density at radius 2 is 1.91 bits per heavy atom. The van der Waals surface area contributed by atoms with Crippen LogP contribution in [0.1, 0.15) is 51.2 Å². The molecule has 0 amide bonds. The maximum absolute atomic E-state index is 5.97. The molecular weight excluding hydrogens is 284 g/mol. The minimum atomic E-state index is 0.808. The number of nitrogens with zero attached hydrogens (tertiary/aromatic N) is 1. The second kappa shape index (κ2) is 8.97. The molecule has 0 saturated heterocycles. The molecule has 1 N–H and O–H groups in total. The standard InChI is InChI=1S/C20H32N2O/c1-5-8-12-23-20-14-18-17(9-11-22(7-3)10-6-2)15-21-19(18)13-16(20)4/h13-15,21H,5-12H2,1-4H3. The lowest BCUT2D eigenvalue weighted by Gasteiger charge is -2.19. The van der Waals surface area contributed by atoms with Crippen molar-refractivity contribution in [2.24, 2.45) is 0 Å². The smallest absolute Gasteiger partial charge is 0.122 e. The second-order valence-electron chi connectivity index (χ2n) is 6.36. The van der Waals surface area contributed by atoms with Gasteiger partial charge in [-0.3, -0.25) is 0 Å². The van der Waals surface area contributed by atoms with Gasteiger partial charge in [-0.25, -0.2) is 0 Å². The van der Waals surface area contributed by atoms with E-state index in [9.17, 15) is 0 Å². The van der Waals surface area contributed by atoms with Crippen LogP contribution >= 0.6 is 0 Å². The molecular formula is C20H32N2O. The van der Waals surface area contributed by atoms with E-state index in [0.29, 0.717) is 0 Å². The highest BCUT2D eigenvalue weighted by molar-refractivity contribution is 5.85. The van der Waals surface area contributed by atoms with Gasteiger partial charge in [0.05, 0.1) is 6.61 Å². The normalized spacial score (nSPS) is 11.5. The van der Waals surface area contributed by atoms with Gasteiger partial charge in [0.1, 0.15) is 5.75 Å². The van der Waals surface area contributed by atoms with Crippen LogP contribution in [-0.4, -0.2) is 36.1 Å². The van der Waals surface area contributed by atoms with Crippen LogP contribution in [0.2, 0.25) is 0 Å².